The first-order valence-electron chi connectivity index (χ1n) is 6.16. The minimum absolute atomic E-state index is 0.216. The molecule has 3 nitrogen and oxygen atoms in total. The zero-order valence-corrected chi connectivity index (χ0v) is 10.2. The SMILES string of the molecule is Cc1ccc(CN2CCCC2CC(=O)O)cc1. The standard InChI is InChI=1S/C14H19NO2/c1-11-4-6-12(7-5-11)10-15-8-2-3-13(15)9-14(16)17/h4-7,13H,2-3,8-10H2,1H3,(H,16,17). The molecule has 1 aliphatic rings. The number of aryl methyl sites for hydroxylation is 1. The van der Waals surface area contributed by atoms with E-state index in [0.717, 1.165) is 25.9 Å². The number of hydrogen-bond acceptors (Lipinski definition) is 2. The molecule has 1 fully saturated rings. The van der Waals surface area contributed by atoms with Gasteiger partial charge in [-0.25, -0.2) is 0 Å². The van der Waals surface area contributed by atoms with Gasteiger partial charge in [0, 0.05) is 12.6 Å². The van der Waals surface area contributed by atoms with Crippen molar-refractivity contribution in [1.82, 2.24) is 4.90 Å². The lowest BCUT2D eigenvalue weighted by Gasteiger charge is -2.23. The molecule has 1 N–H and O–H groups in total. The summed E-state index contributed by atoms with van der Waals surface area (Å²) in [5.74, 6) is -0.689. The van der Waals surface area contributed by atoms with Crippen molar-refractivity contribution in [3.8, 4) is 0 Å². The Hall–Kier alpha value is -1.35. The molecule has 17 heavy (non-hydrogen) atoms. The van der Waals surface area contributed by atoms with E-state index in [4.69, 9.17) is 5.11 Å². The maximum atomic E-state index is 10.8. The average Bonchev–Trinajstić information content (AvgIpc) is 2.68. The molecule has 0 amide bonds. The van der Waals surface area contributed by atoms with Gasteiger partial charge in [0.1, 0.15) is 0 Å². The Balaban J connectivity index is 1.97. The molecule has 0 spiro atoms. The lowest BCUT2D eigenvalue weighted by atomic mass is 10.1. The minimum atomic E-state index is -0.689. The molecule has 1 heterocycles. The fourth-order valence-electron chi connectivity index (χ4n) is 2.46. The van der Waals surface area contributed by atoms with E-state index in [0.29, 0.717) is 0 Å². The molecule has 0 saturated carbocycles. The zero-order valence-electron chi connectivity index (χ0n) is 10.2. The van der Waals surface area contributed by atoms with Crippen LogP contribution >= 0.6 is 0 Å². The van der Waals surface area contributed by atoms with Crippen LogP contribution in [0.5, 0.6) is 0 Å². The third-order valence-corrected chi connectivity index (χ3v) is 3.42. The number of benzene rings is 1. The van der Waals surface area contributed by atoms with Crippen LogP contribution in [0.3, 0.4) is 0 Å². The van der Waals surface area contributed by atoms with Crippen molar-refractivity contribution in [3.05, 3.63) is 35.4 Å². The predicted molar refractivity (Wildman–Crippen MR) is 66.9 cm³/mol. The fraction of sp³-hybridized carbons (Fsp3) is 0.500. The molecular formula is C14H19NO2. The Labute approximate surface area is 102 Å². The molecule has 1 saturated heterocycles. The summed E-state index contributed by atoms with van der Waals surface area (Å²) in [5.41, 5.74) is 2.53. The highest BCUT2D eigenvalue weighted by atomic mass is 16.4. The summed E-state index contributed by atoms with van der Waals surface area (Å²) < 4.78 is 0. The van der Waals surface area contributed by atoms with Crippen molar-refractivity contribution in [2.24, 2.45) is 0 Å². The number of hydrogen-bond donors (Lipinski definition) is 1. The highest BCUT2D eigenvalue weighted by molar-refractivity contribution is 5.67. The molecule has 1 aromatic rings. The van der Waals surface area contributed by atoms with Crippen molar-refractivity contribution in [3.63, 3.8) is 0 Å². The number of carboxylic acid groups (broad SMARTS) is 1. The predicted octanol–water partition coefficient (Wildman–Crippen LogP) is 2.43. The van der Waals surface area contributed by atoms with Crippen molar-refractivity contribution in [2.45, 2.75) is 38.8 Å². The summed E-state index contributed by atoms with van der Waals surface area (Å²) in [6, 6.07) is 8.69. The van der Waals surface area contributed by atoms with Gasteiger partial charge in [-0.3, -0.25) is 9.69 Å². The smallest absolute Gasteiger partial charge is 0.304 e. The van der Waals surface area contributed by atoms with Gasteiger partial charge >= 0.3 is 5.97 Å². The molecule has 1 aromatic carbocycles. The van der Waals surface area contributed by atoms with Gasteiger partial charge in [0.25, 0.3) is 0 Å². The molecule has 1 atom stereocenters. The second kappa shape index (κ2) is 5.32. The summed E-state index contributed by atoms with van der Waals surface area (Å²) in [5, 5.41) is 8.87. The minimum Gasteiger partial charge on any atom is -0.481 e. The molecule has 1 aliphatic heterocycles. The van der Waals surface area contributed by atoms with Gasteiger partial charge < -0.3 is 5.11 Å². The number of rotatable bonds is 4. The lowest BCUT2D eigenvalue weighted by Crippen LogP contribution is -2.30. The summed E-state index contributed by atoms with van der Waals surface area (Å²) >= 11 is 0. The third-order valence-electron chi connectivity index (χ3n) is 3.42. The molecule has 1 unspecified atom stereocenters. The van der Waals surface area contributed by atoms with E-state index in [-0.39, 0.29) is 12.5 Å². The van der Waals surface area contributed by atoms with E-state index >= 15 is 0 Å². The molecule has 3 heteroatoms. The van der Waals surface area contributed by atoms with E-state index in [1.807, 2.05) is 0 Å². The quantitative estimate of drug-likeness (QED) is 0.868. The first kappa shape index (κ1) is 12.1. The highest BCUT2D eigenvalue weighted by Gasteiger charge is 2.26. The number of carboxylic acids is 1. The monoisotopic (exact) mass is 233 g/mol. The van der Waals surface area contributed by atoms with Crippen LogP contribution < -0.4 is 0 Å². The fourth-order valence-corrected chi connectivity index (χ4v) is 2.46. The Morgan fingerprint density at radius 2 is 2.12 bits per heavy atom. The van der Waals surface area contributed by atoms with E-state index in [2.05, 4.69) is 36.1 Å². The van der Waals surface area contributed by atoms with E-state index < -0.39 is 5.97 Å². The van der Waals surface area contributed by atoms with Crippen LogP contribution in [0.1, 0.15) is 30.4 Å². The van der Waals surface area contributed by atoms with Crippen LogP contribution in [0.15, 0.2) is 24.3 Å². The Kier molecular flexibility index (Phi) is 3.79. The van der Waals surface area contributed by atoms with Crippen LogP contribution in [0.4, 0.5) is 0 Å². The van der Waals surface area contributed by atoms with Gasteiger partial charge in [-0.15, -0.1) is 0 Å². The summed E-state index contributed by atoms with van der Waals surface area (Å²) in [4.78, 5) is 13.1. The Morgan fingerprint density at radius 3 is 2.76 bits per heavy atom. The van der Waals surface area contributed by atoms with Gasteiger partial charge in [-0.1, -0.05) is 29.8 Å². The normalized spacial score (nSPS) is 20.6. The highest BCUT2D eigenvalue weighted by Crippen LogP contribution is 2.22. The molecule has 2 rings (SSSR count). The van der Waals surface area contributed by atoms with Gasteiger partial charge in [-0.05, 0) is 31.9 Å². The molecule has 0 aliphatic carbocycles. The van der Waals surface area contributed by atoms with Gasteiger partial charge in [0.05, 0.1) is 6.42 Å². The lowest BCUT2D eigenvalue weighted by molar-refractivity contribution is -0.138. The Bertz CT molecular complexity index is 386. The topological polar surface area (TPSA) is 40.5 Å². The van der Waals surface area contributed by atoms with Gasteiger partial charge in [0.2, 0.25) is 0 Å². The first-order chi connectivity index (χ1) is 8.15. The summed E-state index contributed by atoms with van der Waals surface area (Å²) in [7, 11) is 0. The van der Waals surface area contributed by atoms with Crippen molar-refractivity contribution in [2.75, 3.05) is 6.54 Å². The number of carbonyl (C=O) groups is 1. The van der Waals surface area contributed by atoms with Crippen LogP contribution in [-0.4, -0.2) is 28.6 Å². The number of nitrogens with zero attached hydrogens (tertiary/aromatic N) is 1. The average molecular weight is 233 g/mol. The van der Waals surface area contributed by atoms with Crippen molar-refractivity contribution in [1.29, 1.82) is 0 Å². The maximum Gasteiger partial charge on any atom is 0.304 e. The number of likely N-dealkylation sites (tertiary alicyclic amines) is 1. The first-order valence-corrected chi connectivity index (χ1v) is 6.16. The van der Waals surface area contributed by atoms with Crippen molar-refractivity contribution < 1.29 is 9.90 Å². The second-order valence-electron chi connectivity index (χ2n) is 4.85. The third kappa shape index (κ3) is 3.30. The van der Waals surface area contributed by atoms with Crippen LogP contribution in [0.2, 0.25) is 0 Å². The Morgan fingerprint density at radius 1 is 1.41 bits per heavy atom. The molecule has 0 radical (unpaired) electrons. The summed E-state index contributed by atoms with van der Waals surface area (Å²) in [6.07, 6.45) is 2.40. The van der Waals surface area contributed by atoms with Gasteiger partial charge in [0.15, 0.2) is 0 Å². The van der Waals surface area contributed by atoms with Gasteiger partial charge in [-0.2, -0.15) is 0 Å². The molecular weight excluding hydrogens is 214 g/mol. The van der Waals surface area contributed by atoms with Crippen LogP contribution in [0, 0.1) is 6.92 Å². The van der Waals surface area contributed by atoms with E-state index in [1.165, 1.54) is 11.1 Å². The molecule has 0 bridgehead atoms. The summed E-state index contributed by atoms with van der Waals surface area (Å²) in [6.45, 7) is 3.97. The van der Waals surface area contributed by atoms with E-state index in [1.54, 1.807) is 0 Å². The molecule has 0 aromatic heterocycles. The van der Waals surface area contributed by atoms with Crippen LogP contribution in [-0.2, 0) is 11.3 Å². The number of aliphatic carboxylic acids is 1. The second-order valence-corrected chi connectivity index (χ2v) is 4.85. The zero-order chi connectivity index (χ0) is 12.3. The molecule has 92 valence electrons. The maximum absolute atomic E-state index is 10.8. The van der Waals surface area contributed by atoms with Crippen molar-refractivity contribution >= 4 is 5.97 Å². The largest absolute Gasteiger partial charge is 0.481 e. The van der Waals surface area contributed by atoms with Crippen LogP contribution in [0.25, 0.3) is 0 Å². The van der Waals surface area contributed by atoms with E-state index in [9.17, 15) is 4.79 Å².